The standard InChI is InChI=1S/C14H15BrN2O2/c15-11-6-7-13(18)12(8-11)14(19)17-16-9-10-4-2-1-3-5-10/h1-2,6-10,18H,3-5H2,(H,17,19). The van der Waals surface area contributed by atoms with Crippen LogP contribution in [0.3, 0.4) is 0 Å². The molecule has 0 aliphatic heterocycles. The first kappa shape index (κ1) is 13.8. The monoisotopic (exact) mass is 322 g/mol. The Labute approximate surface area is 120 Å². The van der Waals surface area contributed by atoms with Gasteiger partial charge in [0.2, 0.25) is 0 Å². The summed E-state index contributed by atoms with van der Waals surface area (Å²) >= 11 is 3.26. The molecule has 0 radical (unpaired) electrons. The van der Waals surface area contributed by atoms with Gasteiger partial charge in [-0.1, -0.05) is 28.1 Å². The molecule has 5 heteroatoms. The van der Waals surface area contributed by atoms with Crippen LogP contribution in [0.2, 0.25) is 0 Å². The molecule has 0 saturated carbocycles. The number of benzene rings is 1. The van der Waals surface area contributed by atoms with E-state index in [0.717, 1.165) is 23.7 Å². The van der Waals surface area contributed by atoms with E-state index < -0.39 is 5.91 Å². The average Bonchev–Trinajstić information content (AvgIpc) is 2.42. The Morgan fingerprint density at radius 2 is 2.32 bits per heavy atom. The molecule has 0 aromatic heterocycles. The van der Waals surface area contributed by atoms with E-state index in [2.05, 4.69) is 38.6 Å². The van der Waals surface area contributed by atoms with Crippen LogP contribution < -0.4 is 5.43 Å². The Balaban J connectivity index is 1.95. The van der Waals surface area contributed by atoms with E-state index in [9.17, 15) is 9.90 Å². The smallest absolute Gasteiger partial charge is 0.275 e. The molecule has 0 spiro atoms. The summed E-state index contributed by atoms with van der Waals surface area (Å²) in [6, 6.07) is 4.70. The van der Waals surface area contributed by atoms with Crippen LogP contribution in [0.25, 0.3) is 0 Å². The highest BCUT2D eigenvalue weighted by molar-refractivity contribution is 9.10. The predicted octanol–water partition coefficient (Wildman–Crippen LogP) is 3.23. The average molecular weight is 323 g/mol. The highest BCUT2D eigenvalue weighted by atomic mass is 79.9. The van der Waals surface area contributed by atoms with E-state index in [1.165, 1.54) is 6.07 Å². The molecule has 1 aromatic rings. The number of hydrogen-bond donors (Lipinski definition) is 2. The molecule has 1 aliphatic carbocycles. The van der Waals surface area contributed by atoms with Gasteiger partial charge in [0, 0.05) is 10.7 Å². The molecule has 0 bridgehead atoms. The number of phenolic OH excluding ortho intramolecular Hbond substituents is 1. The zero-order valence-corrected chi connectivity index (χ0v) is 11.9. The van der Waals surface area contributed by atoms with Crippen molar-refractivity contribution in [1.29, 1.82) is 0 Å². The summed E-state index contributed by atoms with van der Waals surface area (Å²) in [5, 5.41) is 13.6. The number of amides is 1. The van der Waals surface area contributed by atoms with Crippen LogP contribution in [0.15, 0.2) is 39.9 Å². The summed E-state index contributed by atoms with van der Waals surface area (Å²) in [4.78, 5) is 11.8. The van der Waals surface area contributed by atoms with Crippen LogP contribution in [-0.2, 0) is 0 Å². The second-order valence-corrected chi connectivity index (χ2v) is 5.34. The van der Waals surface area contributed by atoms with Crippen molar-refractivity contribution in [3.8, 4) is 5.75 Å². The van der Waals surface area contributed by atoms with E-state index in [-0.39, 0.29) is 11.3 Å². The van der Waals surface area contributed by atoms with Crippen LogP contribution in [0.4, 0.5) is 0 Å². The minimum absolute atomic E-state index is 0.0588. The maximum Gasteiger partial charge on any atom is 0.275 e. The molecule has 0 heterocycles. The quantitative estimate of drug-likeness (QED) is 0.510. The summed E-state index contributed by atoms with van der Waals surface area (Å²) in [5.74, 6) is -0.0979. The molecule has 1 amide bonds. The van der Waals surface area contributed by atoms with Crippen molar-refractivity contribution < 1.29 is 9.90 Å². The van der Waals surface area contributed by atoms with Gasteiger partial charge in [0.25, 0.3) is 5.91 Å². The zero-order valence-electron chi connectivity index (χ0n) is 10.3. The lowest BCUT2D eigenvalue weighted by molar-refractivity contribution is 0.0952. The van der Waals surface area contributed by atoms with Gasteiger partial charge in [0.1, 0.15) is 5.75 Å². The lowest BCUT2D eigenvalue weighted by Crippen LogP contribution is -2.19. The van der Waals surface area contributed by atoms with Gasteiger partial charge in [0.05, 0.1) is 5.56 Å². The lowest BCUT2D eigenvalue weighted by Gasteiger charge is -2.11. The molecule has 1 atom stereocenters. The summed E-state index contributed by atoms with van der Waals surface area (Å²) < 4.78 is 0.733. The van der Waals surface area contributed by atoms with E-state index >= 15 is 0 Å². The molecule has 1 unspecified atom stereocenters. The Morgan fingerprint density at radius 1 is 1.47 bits per heavy atom. The fraction of sp³-hybridized carbons (Fsp3) is 0.286. The van der Waals surface area contributed by atoms with E-state index in [1.54, 1.807) is 18.3 Å². The molecule has 2 rings (SSSR count). The van der Waals surface area contributed by atoms with Crippen molar-refractivity contribution in [1.82, 2.24) is 5.43 Å². The first-order chi connectivity index (χ1) is 9.16. The first-order valence-electron chi connectivity index (χ1n) is 6.14. The van der Waals surface area contributed by atoms with Crippen molar-refractivity contribution in [2.45, 2.75) is 19.3 Å². The fourth-order valence-electron chi connectivity index (χ4n) is 1.90. The van der Waals surface area contributed by atoms with Crippen LogP contribution in [0, 0.1) is 5.92 Å². The summed E-state index contributed by atoms with van der Waals surface area (Å²) in [6.07, 6.45) is 9.11. The molecule has 100 valence electrons. The lowest BCUT2D eigenvalue weighted by atomic mass is 9.96. The van der Waals surface area contributed by atoms with E-state index in [4.69, 9.17) is 0 Å². The van der Waals surface area contributed by atoms with E-state index in [1.807, 2.05) is 0 Å². The summed E-state index contributed by atoms with van der Waals surface area (Å²) in [5.41, 5.74) is 2.64. The zero-order chi connectivity index (χ0) is 13.7. The third-order valence-corrected chi connectivity index (χ3v) is 3.46. The van der Waals surface area contributed by atoms with Crippen LogP contribution in [-0.4, -0.2) is 17.2 Å². The number of phenols is 1. The molecule has 0 fully saturated rings. The van der Waals surface area contributed by atoms with Gasteiger partial charge in [0.15, 0.2) is 0 Å². The molecule has 0 saturated heterocycles. The minimum Gasteiger partial charge on any atom is -0.507 e. The second kappa shape index (κ2) is 6.52. The third kappa shape index (κ3) is 3.92. The molecule has 1 aliphatic rings. The molecule has 1 aromatic carbocycles. The highest BCUT2D eigenvalue weighted by Gasteiger charge is 2.11. The fourth-order valence-corrected chi connectivity index (χ4v) is 2.27. The Morgan fingerprint density at radius 3 is 3.05 bits per heavy atom. The Hall–Kier alpha value is -1.62. The van der Waals surface area contributed by atoms with Crippen molar-refractivity contribution in [3.05, 3.63) is 40.4 Å². The van der Waals surface area contributed by atoms with Crippen LogP contribution in [0.5, 0.6) is 5.75 Å². The molecular weight excluding hydrogens is 308 g/mol. The number of carbonyl (C=O) groups excluding carboxylic acids is 1. The molecular formula is C14H15BrN2O2. The maximum atomic E-state index is 11.8. The number of rotatable bonds is 3. The molecule has 4 nitrogen and oxygen atoms in total. The van der Waals surface area contributed by atoms with E-state index in [0.29, 0.717) is 5.92 Å². The number of carbonyl (C=O) groups is 1. The number of allylic oxidation sites excluding steroid dienone is 2. The summed E-state index contributed by atoms with van der Waals surface area (Å²) in [7, 11) is 0. The number of nitrogens with one attached hydrogen (secondary N) is 1. The van der Waals surface area contributed by atoms with Gasteiger partial charge in [-0.2, -0.15) is 5.10 Å². The number of halogens is 1. The SMILES string of the molecule is O=C(NN=CC1CC=CCC1)c1cc(Br)ccc1O. The van der Waals surface area contributed by atoms with Crippen molar-refractivity contribution in [3.63, 3.8) is 0 Å². The van der Waals surface area contributed by atoms with Gasteiger partial charge in [-0.05, 0) is 43.4 Å². The molecule has 19 heavy (non-hydrogen) atoms. The molecule has 2 N–H and O–H groups in total. The number of hydrazone groups is 1. The normalized spacial score (nSPS) is 18.7. The van der Waals surface area contributed by atoms with Crippen molar-refractivity contribution >= 4 is 28.1 Å². The number of nitrogens with zero attached hydrogens (tertiary/aromatic N) is 1. The number of hydrogen-bond acceptors (Lipinski definition) is 3. The maximum absolute atomic E-state index is 11.8. The van der Waals surface area contributed by atoms with Gasteiger partial charge in [-0.25, -0.2) is 5.43 Å². The number of aromatic hydroxyl groups is 1. The second-order valence-electron chi connectivity index (χ2n) is 4.43. The first-order valence-corrected chi connectivity index (χ1v) is 6.93. The van der Waals surface area contributed by atoms with Gasteiger partial charge < -0.3 is 5.11 Å². The Kier molecular flexibility index (Phi) is 4.74. The van der Waals surface area contributed by atoms with Crippen molar-refractivity contribution in [2.75, 3.05) is 0 Å². The predicted molar refractivity (Wildman–Crippen MR) is 78.2 cm³/mol. The van der Waals surface area contributed by atoms with Gasteiger partial charge in [-0.3, -0.25) is 4.79 Å². The highest BCUT2D eigenvalue weighted by Crippen LogP contribution is 2.21. The van der Waals surface area contributed by atoms with Gasteiger partial charge >= 0.3 is 0 Å². The Bertz CT molecular complexity index is 526. The summed E-state index contributed by atoms with van der Waals surface area (Å²) in [6.45, 7) is 0. The van der Waals surface area contributed by atoms with Gasteiger partial charge in [-0.15, -0.1) is 0 Å². The topological polar surface area (TPSA) is 61.7 Å². The third-order valence-electron chi connectivity index (χ3n) is 2.96. The van der Waals surface area contributed by atoms with Crippen LogP contribution >= 0.6 is 15.9 Å². The van der Waals surface area contributed by atoms with Crippen LogP contribution in [0.1, 0.15) is 29.6 Å². The minimum atomic E-state index is -0.415. The largest absolute Gasteiger partial charge is 0.507 e. The van der Waals surface area contributed by atoms with Crippen molar-refractivity contribution in [2.24, 2.45) is 11.0 Å².